The number of nitrogens with one attached hydrogen (secondary N) is 1. The van der Waals surface area contributed by atoms with Crippen molar-refractivity contribution in [1.29, 1.82) is 0 Å². The van der Waals surface area contributed by atoms with Crippen LogP contribution in [-0.4, -0.2) is 17.6 Å². The van der Waals surface area contributed by atoms with E-state index in [0.717, 1.165) is 30.5 Å². The smallest absolute Gasteiger partial charge is 0.261 e. The average Bonchev–Trinajstić information content (AvgIpc) is 2.64. The largest absolute Gasteiger partial charge is 0.495 e. The van der Waals surface area contributed by atoms with Crippen LogP contribution in [0, 0.1) is 0 Å². The van der Waals surface area contributed by atoms with E-state index in [9.17, 15) is 9.59 Å². The molecule has 4 rings (SSSR count). The van der Waals surface area contributed by atoms with E-state index in [1.165, 1.54) is 7.11 Å². The van der Waals surface area contributed by atoms with Crippen molar-refractivity contribution in [2.75, 3.05) is 12.4 Å². The number of aromatic nitrogens is 1. The first-order valence-electron chi connectivity index (χ1n) is 8.38. The summed E-state index contributed by atoms with van der Waals surface area (Å²) in [6.45, 7) is 0.786. The lowest BCUT2D eigenvalue weighted by molar-refractivity contribution is 0.102. The molecule has 0 atom stereocenters. The molecule has 2 heterocycles. The third kappa shape index (κ3) is 2.74. The summed E-state index contributed by atoms with van der Waals surface area (Å²) < 4.78 is 7.25. The number of hydrogen-bond donors (Lipinski definition) is 1. The molecule has 0 bridgehead atoms. The summed E-state index contributed by atoms with van der Waals surface area (Å²) in [6, 6.07) is 10.6. The number of amides is 1. The van der Waals surface area contributed by atoms with E-state index in [1.807, 2.05) is 16.7 Å². The molecule has 1 aliphatic rings. The van der Waals surface area contributed by atoms with Crippen molar-refractivity contribution in [2.45, 2.75) is 19.4 Å². The number of hydrogen-bond acceptors (Lipinski definition) is 3. The van der Waals surface area contributed by atoms with E-state index < -0.39 is 5.91 Å². The molecule has 1 aliphatic heterocycles. The van der Waals surface area contributed by atoms with Crippen molar-refractivity contribution in [1.82, 2.24) is 4.57 Å². The van der Waals surface area contributed by atoms with Crippen LogP contribution in [0.25, 0.3) is 10.9 Å². The third-order valence-corrected chi connectivity index (χ3v) is 4.92. The van der Waals surface area contributed by atoms with Crippen LogP contribution in [0.3, 0.4) is 0 Å². The fourth-order valence-corrected chi connectivity index (χ4v) is 3.66. The number of aryl methyl sites for hydroxylation is 2. The standard InChI is InChI=1S/C20H17ClN2O3/c1-26-17-8-7-13(21)10-16(17)22-20(25)15-11-23-9-3-5-12-4-2-6-14(18(12)23)19(15)24/h2,4,6-8,10-11H,3,5,9H2,1H3,(H,22,25). The van der Waals surface area contributed by atoms with Gasteiger partial charge in [-0.05, 0) is 42.7 Å². The Hall–Kier alpha value is -2.79. The second-order valence-corrected chi connectivity index (χ2v) is 6.72. The zero-order chi connectivity index (χ0) is 18.3. The molecule has 0 unspecified atom stereocenters. The maximum absolute atomic E-state index is 12.9. The Labute approximate surface area is 155 Å². The first-order valence-corrected chi connectivity index (χ1v) is 8.76. The molecule has 0 radical (unpaired) electrons. The molecule has 26 heavy (non-hydrogen) atoms. The van der Waals surface area contributed by atoms with Crippen molar-refractivity contribution in [3.63, 3.8) is 0 Å². The minimum absolute atomic E-state index is 0.110. The fourth-order valence-electron chi connectivity index (χ4n) is 3.49. The Kier molecular flexibility index (Phi) is 4.17. The molecule has 1 N–H and O–H groups in total. The van der Waals surface area contributed by atoms with Crippen LogP contribution in [0.15, 0.2) is 47.4 Å². The minimum atomic E-state index is -0.475. The van der Waals surface area contributed by atoms with Crippen LogP contribution in [0.4, 0.5) is 5.69 Å². The number of benzene rings is 2. The molecule has 132 valence electrons. The first-order chi connectivity index (χ1) is 12.6. The second-order valence-electron chi connectivity index (χ2n) is 6.28. The van der Waals surface area contributed by atoms with Gasteiger partial charge in [0, 0.05) is 23.2 Å². The molecule has 0 fully saturated rings. The first kappa shape index (κ1) is 16.7. The van der Waals surface area contributed by atoms with Crippen LogP contribution in [0.5, 0.6) is 5.75 Å². The molecule has 1 aromatic heterocycles. The SMILES string of the molecule is COc1ccc(Cl)cc1NC(=O)c1cn2c3c(cccc3c1=O)CCC2. The lowest BCUT2D eigenvalue weighted by Gasteiger charge is -2.20. The summed E-state index contributed by atoms with van der Waals surface area (Å²) >= 11 is 6.01. The lowest BCUT2D eigenvalue weighted by atomic mass is 9.99. The molecule has 0 spiro atoms. The van der Waals surface area contributed by atoms with Gasteiger partial charge in [0.2, 0.25) is 5.43 Å². The van der Waals surface area contributed by atoms with Crippen LogP contribution < -0.4 is 15.5 Å². The Bertz CT molecular complexity index is 1090. The van der Waals surface area contributed by atoms with E-state index in [2.05, 4.69) is 5.32 Å². The summed E-state index contributed by atoms with van der Waals surface area (Å²) in [5, 5.41) is 3.79. The summed E-state index contributed by atoms with van der Waals surface area (Å²) in [7, 11) is 1.51. The molecule has 3 aromatic rings. The number of ether oxygens (including phenoxy) is 1. The van der Waals surface area contributed by atoms with Gasteiger partial charge in [0.15, 0.2) is 0 Å². The highest BCUT2D eigenvalue weighted by Crippen LogP contribution is 2.28. The number of methoxy groups -OCH3 is 1. The molecule has 2 aromatic carbocycles. The topological polar surface area (TPSA) is 60.3 Å². The zero-order valence-electron chi connectivity index (χ0n) is 14.2. The van der Waals surface area contributed by atoms with Gasteiger partial charge in [-0.2, -0.15) is 0 Å². The van der Waals surface area contributed by atoms with Gasteiger partial charge in [0.1, 0.15) is 11.3 Å². The predicted molar refractivity (Wildman–Crippen MR) is 102 cm³/mol. The highest BCUT2D eigenvalue weighted by molar-refractivity contribution is 6.31. The molecule has 1 amide bonds. The van der Waals surface area contributed by atoms with Crippen molar-refractivity contribution < 1.29 is 9.53 Å². The minimum Gasteiger partial charge on any atom is -0.495 e. The molecule has 0 saturated heterocycles. The average molecular weight is 369 g/mol. The molecular formula is C20H17ClN2O3. The summed E-state index contributed by atoms with van der Waals surface area (Å²) in [5.74, 6) is 0.00413. The number of anilines is 1. The molecular weight excluding hydrogens is 352 g/mol. The monoisotopic (exact) mass is 368 g/mol. The zero-order valence-corrected chi connectivity index (χ0v) is 15.0. The van der Waals surface area contributed by atoms with Crippen LogP contribution >= 0.6 is 11.6 Å². The van der Waals surface area contributed by atoms with Gasteiger partial charge in [-0.25, -0.2) is 0 Å². The van der Waals surface area contributed by atoms with E-state index in [1.54, 1.807) is 30.5 Å². The maximum atomic E-state index is 12.9. The van der Waals surface area contributed by atoms with Gasteiger partial charge in [-0.3, -0.25) is 9.59 Å². The predicted octanol–water partition coefficient (Wildman–Crippen LogP) is 3.86. The number of pyridine rings is 1. The van der Waals surface area contributed by atoms with E-state index in [-0.39, 0.29) is 11.0 Å². The normalized spacial score (nSPS) is 12.8. The van der Waals surface area contributed by atoms with Gasteiger partial charge in [0.05, 0.1) is 18.3 Å². The number of halogens is 1. The van der Waals surface area contributed by atoms with Gasteiger partial charge in [0.25, 0.3) is 5.91 Å². The maximum Gasteiger partial charge on any atom is 0.261 e. The van der Waals surface area contributed by atoms with Gasteiger partial charge in [-0.1, -0.05) is 23.7 Å². The number of nitrogens with zero attached hydrogens (tertiary/aromatic N) is 1. The van der Waals surface area contributed by atoms with Crippen LogP contribution in [0.1, 0.15) is 22.3 Å². The molecule has 5 nitrogen and oxygen atoms in total. The number of carbonyl (C=O) groups excluding carboxylic acids is 1. The van der Waals surface area contributed by atoms with E-state index in [4.69, 9.17) is 16.3 Å². The number of rotatable bonds is 3. The van der Waals surface area contributed by atoms with Gasteiger partial charge in [-0.15, -0.1) is 0 Å². The lowest BCUT2D eigenvalue weighted by Crippen LogP contribution is -2.25. The number of para-hydroxylation sites is 1. The quantitative estimate of drug-likeness (QED) is 0.763. The molecule has 0 aliphatic carbocycles. The Balaban J connectivity index is 1.80. The highest BCUT2D eigenvalue weighted by atomic mass is 35.5. The Morgan fingerprint density at radius 2 is 2.12 bits per heavy atom. The summed E-state index contributed by atoms with van der Waals surface area (Å²) in [5.41, 5.74) is 2.35. The third-order valence-electron chi connectivity index (χ3n) is 4.68. The van der Waals surface area contributed by atoms with E-state index in [0.29, 0.717) is 21.8 Å². The van der Waals surface area contributed by atoms with Crippen molar-refractivity contribution in [2.24, 2.45) is 0 Å². The van der Waals surface area contributed by atoms with Crippen LogP contribution in [0.2, 0.25) is 5.02 Å². The van der Waals surface area contributed by atoms with E-state index >= 15 is 0 Å². The van der Waals surface area contributed by atoms with Crippen molar-refractivity contribution in [3.05, 3.63) is 69.0 Å². The van der Waals surface area contributed by atoms with Crippen molar-refractivity contribution in [3.8, 4) is 5.75 Å². The summed E-state index contributed by atoms with van der Waals surface area (Å²) in [4.78, 5) is 25.7. The van der Waals surface area contributed by atoms with Gasteiger partial charge < -0.3 is 14.6 Å². The highest BCUT2D eigenvalue weighted by Gasteiger charge is 2.20. The fraction of sp³-hybridized carbons (Fsp3) is 0.200. The Morgan fingerprint density at radius 1 is 1.27 bits per heavy atom. The second kappa shape index (κ2) is 6.50. The molecule has 0 saturated carbocycles. The summed E-state index contributed by atoms with van der Waals surface area (Å²) in [6.07, 6.45) is 3.58. The molecule has 6 heteroatoms. The number of carbonyl (C=O) groups is 1. The Morgan fingerprint density at radius 3 is 2.92 bits per heavy atom. The van der Waals surface area contributed by atoms with Crippen molar-refractivity contribution >= 4 is 34.1 Å². The van der Waals surface area contributed by atoms with Crippen LogP contribution in [-0.2, 0) is 13.0 Å². The van der Waals surface area contributed by atoms with Gasteiger partial charge >= 0.3 is 0 Å².